The monoisotopic (exact) mass is 344 g/mol. The minimum absolute atomic E-state index is 0.174. The molecular weight excluding hydrogens is 336 g/mol. The van der Waals surface area contributed by atoms with Crippen molar-refractivity contribution >= 4 is 21.9 Å². The standard InChI is InChI=1S/C15H9BrN2O3/c16-12-7-2-1-6-11(12)13-17-14(21-18-13)9-4-3-5-10(8-9)15(19)20/h1-8H,(H,19,20). The van der Waals surface area contributed by atoms with E-state index in [9.17, 15) is 4.79 Å². The first-order valence-corrected chi connectivity index (χ1v) is 6.87. The predicted octanol–water partition coefficient (Wildman–Crippen LogP) is 3.86. The average Bonchev–Trinajstić information content (AvgIpc) is 2.97. The zero-order valence-corrected chi connectivity index (χ0v) is 12.2. The van der Waals surface area contributed by atoms with E-state index in [0.717, 1.165) is 10.0 Å². The van der Waals surface area contributed by atoms with Crippen molar-refractivity contribution < 1.29 is 14.4 Å². The highest BCUT2D eigenvalue weighted by Crippen LogP contribution is 2.28. The molecule has 1 aromatic heterocycles. The van der Waals surface area contributed by atoms with Crippen LogP contribution in [0.4, 0.5) is 0 Å². The summed E-state index contributed by atoms with van der Waals surface area (Å²) >= 11 is 3.43. The molecule has 2 aromatic carbocycles. The Morgan fingerprint density at radius 3 is 2.71 bits per heavy atom. The van der Waals surface area contributed by atoms with Crippen LogP contribution in [-0.2, 0) is 0 Å². The van der Waals surface area contributed by atoms with E-state index < -0.39 is 5.97 Å². The number of hydrogen-bond donors (Lipinski definition) is 1. The van der Waals surface area contributed by atoms with Crippen LogP contribution < -0.4 is 0 Å². The van der Waals surface area contributed by atoms with Gasteiger partial charge in [0, 0.05) is 15.6 Å². The predicted molar refractivity (Wildman–Crippen MR) is 79.8 cm³/mol. The SMILES string of the molecule is O=C(O)c1cccc(-c2nc(-c3ccccc3Br)no2)c1. The fourth-order valence-corrected chi connectivity index (χ4v) is 2.34. The number of benzene rings is 2. The van der Waals surface area contributed by atoms with Crippen molar-refractivity contribution in [1.82, 2.24) is 10.1 Å². The minimum Gasteiger partial charge on any atom is -0.478 e. The van der Waals surface area contributed by atoms with E-state index in [1.165, 1.54) is 12.1 Å². The van der Waals surface area contributed by atoms with Gasteiger partial charge in [-0.15, -0.1) is 0 Å². The van der Waals surface area contributed by atoms with Crippen molar-refractivity contribution in [2.24, 2.45) is 0 Å². The zero-order chi connectivity index (χ0) is 14.8. The van der Waals surface area contributed by atoms with Gasteiger partial charge in [-0.2, -0.15) is 4.98 Å². The molecule has 0 spiro atoms. The summed E-state index contributed by atoms with van der Waals surface area (Å²) in [7, 11) is 0. The summed E-state index contributed by atoms with van der Waals surface area (Å²) in [6.45, 7) is 0. The Morgan fingerprint density at radius 2 is 1.95 bits per heavy atom. The number of halogens is 1. The number of carboxylic acid groups (broad SMARTS) is 1. The van der Waals surface area contributed by atoms with E-state index in [1.807, 2.05) is 24.3 Å². The summed E-state index contributed by atoms with van der Waals surface area (Å²) in [4.78, 5) is 15.3. The van der Waals surface area contributed by atoms with Crippen LogP contribution in [0.25, 0.3) is 22.8 Å². The van der Waals surface area contributed by atoms with Crippen LogP contribution in [0, 0.1) is 0 Å². The third-order valence-electron chi connectivity index (χ3n) is 2.90. The van der Waals surface area contributed by atoms with Crippen molar-refractivity contribution in [2.45, 2.75) is 0 Å². The van der Waals surface area contributed by atoms with Gasteiger partial charge in [0.05, 0.1) is 5.56 Å². The molecule has 21 heavy (non-hydrogen) atoms. The second-order valence-electron chi connectivity index (χ2n) is 4.29. The van der Waals surface area contributed by atoms with Gasteiger partial charge >= 0.3 is 5.97 Å². The van der Waals surface area contributed by atoms with Gasteiger partial charge < -0.3 is 9.63 Å². The maximum atomic E-state index is 11.0. The van der Waals surface area contributed by atoms with Crippen molar-refractivity contribution in [2.75, 3.05) is 0 Å². The Bertz CT molecular complexity index is 814. The average molecular weight is 345 g/mol. The molecule has 0 saturated heterocycles. The molecule has 0 aliphatic heterocycles. The van der Waals surface area contributed by atoms with Crippen LogP contribution in [0.1, 0.15) is 10.4 Å². The van der Waals surface area contributed by atoms with Crippen LogP contribution in [0.2, 0.25) is 0 Å². The number of nitrogens with zero attached hydrogens (tertiary/aromatic N) is 2. The molecule has 0 saturated carbocycles. The smallest absolute Gasteiger partial charge is 0.335 e. The topological polar surface area (TPSA) is 76.2 Å². The van der Waals surface area contributed by atoms with Crippen molar-refractivity contribution in [3.05, 3.63) is 58.6 Å². The quantitative estimate of drug-likeness (QED) is 0.780. The molecule has 5 nitrogen and oxygen atoms in total. The highest BCUT2D eigenvalue weighted by molar-refractivity contribution is 9.10. The third-order valence-corrected chi connectivity index (χ3v) is 3.59. The largest absolute Gasteiger partial charge is 0.478 e. The van der Waals surface area contributed by atoms with Crippen molar-refractivity contribution in [3.63, 3.8) is 0 Å². The van der Waals surface area contributed by atoms with Gasteiger partial charge in [-0.1, -0.05) is 39.3 Å². The summed E-state index contributed by atoms with van der Waals surface area (Å²) in [6, 6.07) is 13.9. The van der Waals surface area contributed by atoms with E-state index in [1.54, 1.807) is 12.1 Å². The highest BCUT2D eigenvalue weighted by Gasteiger charge is 2.13. The number of rotatable bonds is 3. The van der Waals surface area contributed by atoms with Gasteiger partial charge in [0.15, 0.2) is 0 Å². The number of carboxylic acids is 1. The number of hydrogen-bond acceptors (Lipinski definition) is 4. The van der Waals surface area contributed by atoms with Gasteiger partial charge in [0.1, 0.15) is 0 Å². The molecule has 1 N–H and O–H groups in total. The third kappa shape index (κ3) is 2.71. The maximum Gasteiger partial charge on any atom is 0.335 e. The van der Waals surface area contributed by atoms with Crippen LogP contribution in [-0.4, -0.2) is 21.2 Å². The van der Waals surface area contributed by atoms with Gasteiger partial charge in [0.2, 0.25) is 5.82 Å². The molecule has 1 heterocycles. The molecule has 0 bridgehead atoms. The van der Waals surface area contributed by atoms with Crippen LogP contribution in [0.15, 0.2) is 57.5 Å². The Morgan fingerprint density at radius 1 is 1.14 bits per heavy atom. The summed E-state index contributed by atoms with van der Waals surface area (Å²) in [5, 5.41) is 12.9. The molecule has 3 rings (SSSR count). The molecule has 6 heteroatoms. The van der Waals surface area contributed by atoms with Gasteiger partial charge in [-0.05, 0) is 30.3 Å². The lowest BCUT2D eigenvalue weighted by Gasteiger charge is -1.97. The zero-order valence-electron chi connectivity index (χ0n) is 10.7. The van der Waals surface area contributed by atoms with E-state index in [-0.39, 0.29) is 11.5 Å². The summed E-state index contributed by atoms with van der Waals surface area (Å²) < 4.78 is 6.08. The van der Waals surface area contributed by atoms with E-state index in [0.29, 0.717) is 11.4 Å². The van der Waals surface area contributed by atoms with Gasteiger partial charge in [-0.25, -0.2) is 4.79 Å². The Labute approximate surface area is 128 Å². The Kier molecular flexibility index (Phi) is 3.53. The summed E-state index contributed by atoms with van der Waals surface area (Å²) in [5.74, 6) is -0.274. The molecule has 0 fully saturated rings. The molecule has 3 aromatic rings. The summed E-state index contributed by atoms with van der Waals surface area (Å²) in [6.07, 6.45) is 0. The maximum absolute atomic E-state index is 11.0. The highest BCUT2D eigenvalue weighted by atomic mass is 79.9. The molecule has 0 atom stereocenters. The fraction of sp³-hybridized carbons (Fsp3) is 0. The van der Waals surface area contributed by atoms with Crippen LogP contribution in [0.3, 0.4) is 0 Å². The molecule has 0 amide bonds. The lowest BCUT2D eigenvalue weighted by Crippen LogP contribution is -1.95. The van der Waals surface area contributed by atoms with E-state index in [2.05, 4.69) is 26.1 Å². The molecule has 0 radical (unpaired) electrons. The lowest BCUT2D eigenvalue weighted by atomic mass is 10.1. The number of aromatic nitrogens is 2. The van der Waals surface area contributed by atoms with Gasteiger partial charge in [0.25, 0.3) is 5.89 Å². The van der Waals surface area contributed by atoms with E-state index in [4.69, 9.17) is 9.63 Å². The van der Waals surface area contributed by atoms with Crippen LogP contribution in [0.5, 0.6) is 0 Å². The molecule has 0 unspecified atom stereocenters. The second kappa shape index (κ2) is 5.49. The second-order valence-corrected chi connectivity index (χ2v) is 5.14. The van der Waals surface area contributed by atoms with Crippen molar-refractivity contribution in [3.8, 4) is 22.8 Å². The lowest BCUT2D eigenvalue weighted by molar-refractivity contribution is 0.0697. The first-order chi connectivity index (χ1) is 10.1. The summed E-state index contributed by atoms with van der Waals surface area (Å²) in [5.41, 5.74) is 1.55. The molecule has 104 valence electrons. The molecule has 0 aliphatic carbocycles. The minimum atomic E-state index is -0.998. The number of carbonyl (C=O) groups is 1. The first kappa shape index (κ1) is 13.5. The normalized spacial score (nSPS) is 10.5. The van der Waals surface area contributed by atoms with E-state index >= 15 is 0 Å². The number of aromatic carboxylic acids is 1. The fourth-order valence-electron chi connectivity index (χ4n) is 1.88. The molecular formula is C15H9BrN2O3. The Hall–Kier alpha value is -2.47. The first-order valence-electron chi connectivity index (χ1n) is 6.07. The Balaban J connectivity index is 2.01. The van der Waals surface area contributed by atoms with Gasteiger partial charge in [-0.3, -0.25) is 0 Å². The molecule has 0 aliphatic rings. The van der Waals surface area contributed by atoms with Crippen LogP contribution >= 0.6 is 15.9 Å². The van der Waals surface area contributed by atoms with Crippen molar-refractivity contribution in [1.29, 1.82) is 0 Å².